The summed E-state index contributed by atoms with van der Waals surface area (Å²) in [7, 11) is 0. The van der Waals surface area contributed by atoms with E-state index in [2.05, 4.69) is 26.1 Å². The van der Waals surface area contributed by atoms with Gasteiger partial charge in [-0.1, -0.05) is 29.8 Å². The number of nitrogens with zero attached hydrogens (tertiary/aromatic N) is 5. The summed E-state index contributed by atoms with van der Waals surface area (Å²) in [4.78, 5) is 6.75. The van der Waals surface area contributed by atoms with Gasteiger partial charge in [0.25, 0.3) is 0 Å². The minimum atomic E-state index is 0.805. The van der Waals surface area contributed by atoms with Gasteiger partial charge in [-0.25, -0.2) is 0 Å². The van der Waals surface area contributed by atoms with Crippen LogP contribution in [0.3, 0.4) is 0 Å². The van der Waals surface area contributed by atoms with E-state index in [1.54, 1.807) is 0 Å². The summed E-state index contributed by atoms with van der Waals surface area (Å²) in [6, 6.07) is 16.1. The second-order valence-corrected chi connectivity index (χ2v) is 6.88. The van der Waals surface area contributed by atoms with Gasteiger partial charge >= 0.3 is 0 Å². The number of anilines is 1. The van der Waals surface area contributed by atoms with Crippen LogP contribution in [0.5, 0.6) is 0 Å². The number of piperazine rings is 1. The summed E-state index contributed by atoms with van der Waals surface area (Å²) in [5.74, 6) is 0. The van der Waals surface area contributed by atoms with Crippen LogP contribution >= 0.6 is 11.6 Å². The number of fused-ring (bicyclic) bond motifs is 1. The van der Waals surface area contributed by atoms with Crippen molar-refractivity contribution >= 4 is 28.3 Å². The number of aromatic nitrogens is 3. The van der Waals surface area contributed by atoms with Gasteiger partial charge in [-0.2, -0.15) is 15.0 Å². The third-order valence-corrected chi connectivity index (χ3v) is 4.94. The maximum atomic E-state index is 6.10. The zero-order valence-electron chi connectivity index (χ0n) is 14.2. The fraction of sp³-hybridized carbons (Fsp3) is 0.368. The Kier molecular flexibility index (Phi) is 4.85. The van der Waals surface area contributed by atoms with Crippen LogP contribution in [0.25, 0.3) is 11.0 Å². The van der Waals surface area contributed by atoms with E-state index in [1.165, 1.54) is 5.69 Å². The molecule has 0 radical (unpaired) electrons. The molecule has 0 aliphatic carbocycles. The van der Waals surface area contributed by atoms with Crippen molar-refractivity contribution in [1.29, 1.82) is 0 Å². The van der Waals surface area contributed by atoms with Crippen molar-refractivity contribution in [1.82, 2.24) is 19.9 Å². The van der Waals surface area contributed by atoms with Crippen LogP contribution in [0.1, 0.15) is 6.42 Å². The zero-order chi connectivity index (χ0) is 17.1. The van der Waals surface area contributed by atoms with E-state index < -0.39 is 0 Å². The molecule has 0 N–H and O–H groups in total. The van der Waals surface area contributed by atoms with E-state index in [9.17, 15) is 0 Å². The minimum absolute atomic E-state index is 0.805. The monoisotopic (exact) mass is 355 g/mol. The molecule has 2 aromatic carbocycles. The molecule has 0 unspecified atom stereocenters. The second kappa shape index (κ2) is 7.42. The van der Waals surface area contributed by atoms with Crippen molar-refractivity contribution < 1.29 is 0 Å². The third-order valence-electron chi connectivity index (χ3n) is 4.71. The van der Waals surface area contributed by atoms with Crippen LogP contribution in [0.2, 0.25) is 5.02 Å². The van der Waals surface area contributed by atoms with Crippen molar-refractivity contribution in [2.75, 3.05) is 37.6 Å². The molecule has 2 heterocycles. The van der Waals surface area contributed by atoms with Crippen LogP contribution in [-0.2, 0) is 6.54 Å². The molecule has 1 aliphatic rings. The fourth-order valence-corrected chi connectivity index (χ4v) is 3.53. The topological polar surface area (TPSA) is 37.2 Å². The Balaban J connectivity index is 1.25. The van der Waals surface area contributed by atoms with E-state index >= 15 is 0 Å². The summed E-state index contributed by atoms with van der Waals surface area (Å²) in [5, 5.41) is 9.85. The van der Waals surface area contributed by atoms with Crippen molar-refractivity contribution in [2.24, 2.45) is 0 Å². The first-order valence-electron chi connectivity index (χ1n) is 8.81. The number of halogens is 1. The minimum Gasteiger partial charge on any atom is -0.369 e. The van der Waals surface area contributed by atoms with Gasteiger partial charge in [-0.15, -0.1) is 0 Å². The fourth-order valence-electron chi connectivity index (χ4n) is 3.34. The van der Waals surface area contributed by atoms with Gasteiger partial charge in [0, 0.05) is 43.4 Å². The lowest BCUT2D eigenvalue weighted by atomic mass is 10.2. The van der Waals surface area contributed by atoms with Gasteiger partial charge in [-0.3, -0.25) is 4.90 Å². The molecule has 0 saturated carbocycles. The molecule has 25 heavy (non-hydrogen) atoms. The van der Waals surface area contributed by atoms with Crippen LogP contribution in [0.4, 0.5) is 5.69 Å². The maximum absolute atomic E-state index is 6.10. The lowest BCUT2D eigenvalue weighted by Gasteiger charge is -2.36. The lowest BCUT2D eigenvalue weighted by molar-refractivity contribution is 0.247. The Labute approximate surface area is 152 Å². The molecule has 4 rings (SSSR count). The predicted molar refractivity (Wildman–Crippen MR) is 102 cm³/mol. The van der Waals surface area contributed by atoms with Crippen LogP contribution < -0.4 is 4.90 Å². The highest BCUT2D eigenvalue weighted by molar-refractivity contribution is 6.30. The number of hydrogen-bond acceptors (Lipinski definition) is 4. The summed E-state index contributed by atoms with van der Waals surface area (Å²) in [6.07, 6.45) is 1.07. The molecule has 1 fully saturated rings. The highest BCUT2D eigenvalue weighted by Gasteiger charge is 2.17. The normalized spacial score (nSPS) is 15.8. The van der Waals surface area contributed by atoms with E-state index in [1.807, 2.05) is 47.3 Å². The molecule has 6 heteroatoms. The van der Waals surface area contributed by atoms with Gasteiger partial charge in [0.2, 0.25) is 0 Å². The van der Waals surface area contributed by atoms with Gasteiger partial charge in [0.1, 0.15) is 11.0 Å². The van der Waals surface area contributed by atoms with Gasteiger partial charge in [0.15, 0.2) is 0 Å². The molecule has 5 nitrogen and oxygen atoms in total. The average Bonchev–Trinajstić information content (AvgIpc) is 3.05. The largest absolute Gasteiger partial charge is 0.369 e. The molecule has 0 spiro atoms. The maximum Gasteiger partial charge on any atom is 0.113 e. The quantitative estimate of drug-likeness (QED) is 0.703. The highest BCUT2D eigenvalue weighted by atomic mass is 35.5. The molecule has 0 amide bonds. The first-order chi connectivity index (χ1) is 12.3. The second-order valence-electron chi connectivity index (χ2n) is 6.45. The van der Waals surface area contributed by atoms with Gasteiger partial charge in [-0.05, 0) is 36.8 Å². The van der Waals surface area contributed by atoms with E-state index in [4.69, 9.17) is 11.6 Å². The standard InChI is InChI=1S/C19H22ClN5/c20-16-5-3-6-17(15-16)24-13-11-23(12-14-24)9-4-10-25-21-18-7-1-2-8-19(18)22-25/h1-3,5-8,15H,4,9-14H2. The molecule has 1 aliphatic heterocycles. The first kappa shape index (κ1) is 16.4. The molecular formula is C19H22ClN5. The summed E-state index contributed by atoms with van der Waals surface area (Å²) >= 11 is 6.10. The number of hydrogen-bond donors (Lipinski definition) is 0. The van der Waals surface area contributed by atoms with Crippen LogP contribution in [0, 0.1) is 0 Å². The molecule has 1 saturated heterocycles. The van der Waals surface area contributed by atoms with E-state index in [-0.39, 0.29) is 0 Å². The Morgan fingerprint density at radius 2 is 1.56 bits per heavy atom. The average molecular weight is 356 g/mol. The van der Waals surface area contributed by atoms with E-state index in [0.29, 0.717) is 0 Å². The Morgan fingerprint density at radius 3 is 2.24 bits per heavy atom. The molecular weight excluding hydrogens is 334 g/mol. The van der Waals surface area contributed by atoms with Gasteiger partial charge < -0.3 is 4.90 Å². The third kappa shape index (κ3) is 3.94. The van der Waals surface area contributed by atoms with Crippen LogP contribution in [0.15, 0.2) is 48.5 Å². The molecule has 0 atom stereocenters. The number of rotatable bonds is 5. The van der Waals surface area contributed by atoms with Crippen molar-refractivity contribution in [3.63, 3.8) is 0 Å². The highest BCUT2D eigenvalue weighted by Crippen LogP contribution is 2.20. The zero-order valence-corrected chi connectivity index (χ0v) is 14.9. The van der Waals surface area contributed by atoms with Crippen molar-refractivity contribution in [2.45, 2.75) is 13.0 Å². The van der Waals surface area contributed by atoms with Gasteiger partial charge in [0.05, 0.1) is 6.54 Å². The van der Waals surface area contributed by atoms with Crippen molar-refractivity contribution in [3.8, 4) is 0 Å². The lowest BCUT2D eigenvalue weighted by Crippen LogP contribution is -2.46. The molecule has 1 aromatic heterocycles. The van der Waals surface area contributed by atoms with E-state index in [0.717, 1.165) is 61.7 Å². The Hall–Kier alpha value is -2.11. The number of benzene rings is 2. The summed E-state index contributed by atoms with van der Waals surface area (Å²) in [5.41, 5.74) is 3.16. The Bertz CT molecular complexity index is 805. The molecule has 3 aromatic rings. The van der Waals surface area contributed by atoms with Crippen molar-refractivity contribution in [3.05, 3.63) is 53.6 Å². The predicted octanol–water partition coefficient (Wildman–Crippen LogP) is 3.30. The van der Waals surface area contributed by atoms with Crippen LogP contribution in [-0.4, -0.2) is 52.6 Å². The molecule has 130 valence electrons. The number of aryl methyl sites for hydroxylation is 1. The molecule has 0 bridgehead atoms. The Morgan fingerprint density at radius 1 is 0.840 bits per heavy atom. The smallest absolute Gasteiger partial charge is 0.113 e. The first-order valence-corrected chi connectivity index (χ1v) is 9.18. The summed E-state index contributed by atoms with van der Waals surface area (Å²) in [6.45, 7) is 6.21. The summed E-state index contributed by atoms with van der Waals surface area (Å²) < 4.78 is 0. The SMILES string of the molecule is Clc1cccc(N2CCN(CCCn3nc4ccccc4n3)CC2)c1.